The van der Waals surface area contributed by atoms with Gasteiger partial charge in [-0.1, -0.05) is 13.0 Å². The van der Waals surface area contributed by atoms with E-state index < -0.39 is 0 Å². The van der Waals surface area contributed by atoms with Gasteiger partial charge < -0.3 is 19.9 Å². The highest BCUT2D eigenvalue weighted by molar-refractivity contribution is 14.0. The monoisotopic (exact) mass is 501 g/mol. The molecule has 2 aromatic rings. The van der Waals surface area contributed by atoms with Gasteiger partial charge in [-0.3, -0.25) is 4.99 Å². The summed E-state index contributed by atoms with van der Waals surface area (Å²) >= 11 is 1.80. The van der Waals surface area contributed by atoms with Crippen molar-refractivity contribution in [1.29, 1.82) is 0 Å². The first-order valence-electron chi connectivity index (χ1n) is 9.12. The van der Waals surface area contributed by atoms with Gasteiger partial charge in [-0.05, 0) is 29.5 Å². The molecule has 1 aliphatic heterocycles. The number of anilines is 1. The number of hydrogen-bond acceptors (Lipinski definition) is 5. The third-order valence-electron chi connectivity index (χ3n) is 4.31. The molecule has 0 bridgehead atoms. The van der Waals surface area contributed by atoms with Gasteiger partial charge in [0, 0.05) is 52.0 Å². The number of nitrogens with zero attached hydrogens (tertiary/aromatic N) is 4. The first-order valence-corrected chi connectivity index (χ1v) is 10.00. The van der Waals surface area contributed by atoms with Crippen molar-refractivity contribution < 1.29 is 4.74 Å². The molecule has 0 aliphatic carbocycles. The molecule has 0 amide bonds. The summed E-state index contributed by atoms with van der Waals surface area (Å²) in [6.07, 6.45) is 2.85. The van der Waals surface area contributed by atoms with Crippen LogP contribution in [0.1, 0.15) is 18.9 Å². The van der Waals surface area contributed by atoms with Gasteiger partial charge in [0.05, 0.1) is 11.6 Å². The summed E-state index contributed by atoms with van der Waals surface area (Å²) in [5.41, 5.74) is 1.12. The molecule has 8 heteroatoms. The first-order chi connectivity index (χ1) is 12.8. The van der Waals surface area contributed by atoms with Crippen molar-refractivity contribution in [2.24, 2.45) is 4.99 Å². The molecule has 3 heterocycles. The highest BCUT2D eigenvalue weighted by atomic mass is 127. The van der Waals surface area contributed by atoms with Crippen molar-refractivity contribution in [2.45, 2.75) is 19.9 Å². The molecule has 0 aromatic carbocycles. The van der Waals surface area contributed by atoms with Crippen molar-refractivity contribution in [2.75, 3.05) is 44.7 Å². The van der Waals surface area contributed by atoms with E-state index in [1.165, 1.54) is 5.00 Å². The fourth-order valence-corrected chi connectivity index (χ4v) is 3.69. The molecule has 27 heavy (non-hydrogen) atoms. The van der Waals surface area contributed by atoms with Gasteiger partial charge in [0.15, 0.2) is 5.96 Å². The van der Waals surface area contributed by atoms with Crippen molar-refractivity contribution in [3.8, 4) is 5.88 Å². The van der Waals surface area contributed by atoms with Crippen LogP contribution in [-0.4, -0.2) is 55.7 Å². The molecule has 1 N–H and O–H groups in total. The van der Waals surface area contributed by atoms with E-state index in [1.54, 1.807) is 11.3 Å². The number of thiophene rings is 1. The summed E-state index contributed by atoms with van der Waals surface area (Å²) < 4.78 is 5.53. The van der Waals surface area contributed by atoms with Crippen LogP contribution in [0, 0.1) is 0 Å². The quantitative estimate of drug-likeness (QED) is 0.374. The summed E-state index contributed by atoms with van der Waals surface area (Å²) in [6, 6.07) is 8.27. The lowest BCUT2D eigenvalue weighted by Crippen LogP contribution is -2.52. The minimum Gasteiger partial charge on any atom is -0.478 e. The molecule has 0 unspecified atom stereocenters. The summed E-state index contributed by atoms with van der Waals surface area (Å²) in [4.78, 5) is 13.5. The van der Waals surface area contributed by atoms with Crippen LogP contribution in [-0.2, 0) is 6.54 Å². The fraction of sp³-hybridized carbons (Fsp3) is 0.474. The normalized spacial score (nSPS) is 14.7. The van der Waals surface area contributed by atoms with E-state index in [4.69, 9.17) is 4.74 Å². The van der Waals surface area contributed by atoms with Crippen LogP contribution in [0.25, 0.3) is 0 Å². The van der Waals surface area contributed by atoms with E-state index in [1.807, 2.05) is 25.4 Å². The van der Waals surface area contributed by atoms with E-state index in [2.05, 4.69) is 49.5 Å². The Bertz CT molecular complexity index is 685. The third-order valence-corrected chi connectivity index (χ3v) is 5.24. The first kappa shape index (κ1) is 21.7. The number of aliphatic imine (C=N–C) groups is 1. The number of guanidine groups is 1. The molecule has 2 aromatic heterocycles. The van der Waals surface area contributed by atoms with Crippen molar-refractivity contribution >= 4 is 46.3 Å². The Morgan fingerprint density at radius 3 is 2.67 bits per heavy atom. The lowest BCUT2D eigenvalue weighted by Gasteiger charge is -2.37. The number of aromatic nitrogens is 1. The Morgan fingerprint density at radius 2 is 2.07 bits per heavy atom. The second kappa shape index (κ2) is 11.3. The summed E-state index contributed by atoms with van der Waals surface area (Å²) in [5.74, 6) is 1.63. The van der Waals surface area contributed by atoms with Crippen LogP contribution in [0.4, 0.5) is 5.00 Å². The minimum atomic E-state index is 0. The molecule has 0 saturated carbocycles. The molecule has 1 fully saturated rings. The van der Waals surface area contributed by atoms with Gasteiger partial charge in [0.2, 0.25) is 5.88 Å². The Morgan fingerprint density at radius 1 is 1.26 bits per heavy atom. The van der Waals surface area contributed by atoms with Crippen LogP contribution < -0.4 is 15.0 Å². The maximum Gasteiger partial charge on any atom is 0.213 e. The molecular formula is C19H28IN5OS. The predicted molar refractivity (Wildman–Crippen MR) is 124 cm³/mol. The second-order valence-corrected chi connectivity index (χ2v) is 7.11. The standard InChI is InChI=1S/C19H27N5OS.HI/c1-3-12-25-17-7-6-16(14-21-17)15-22-19(20-2)24-10-8-23(9-11-24)18-5-4-13-26-18;/h4-7,13-14H,3,8-12,15H2,1-2H3,(H,20,22);1H. The van der Waals surface area contributed by atoms with Crippen LogP contribution in [0.15, 0.2) is 40.8 Å². The van der Waals surface area contributed by atoms with Crippen LogP contribution in [0.2, 0.25) is 0 Å². The van der Waals surface area contributed by atoms with E-state index >= 15 is 0 Å². The van der Waals surface area contributed by atoms with Crippen LogP contribution >= 0.6 is 35.3 Å². The lowest BCUT2D eigenvalue weighted by atomic mass is 10.3. The largest absolute Gasteiger partial charge is 0.478 e. The van der Waals surface area contributed by atoms with Gasteiger partial charge >= 0.3 is 0 Å². The van der Waals surface area contributed by atoms with Crippen molar-refractivity contribution in [3.05, 3.63) is 41.4 Å². The molecular weight excluding hydrogens is 473 g/mol. The van der Waals surface area contributed by atoms with Gasteiger partial charge in [-0.2, -0.15) is 0 Å². The van der Waals surface area contributed by atoms with Gasteiger partial charge in [0.1, 0.15) is 0 Å². The molecule has 0 radical (unpaired) electrons. The Labute approximate surface area is 182 Å². The third kappa shape index (κ3) is 6.24. The van der Waals surface area contributed by atoms with E-state index in [-0.39, 0.29) is 24.0 Å². The molecule has 6 nitrogen and oxygen atoms in total. The molecule has 3 rings (SSSR count). The fourth-order valence-electron chi connectivity index (χ4n) is 2.91. The van der Waals surface area contributed by atoms with E-state index in [9.17, 15) is 0 Å². The van der Waals surface area contributed by atoms with Crippen molar-refractivity contribution in [3.63, 3.8) is 0 Å². The molecule has 1 saturated heterocycles. The topological polar surface area (TPSA) is 53.0 Å². The summed E-state index contributed by atoms with van der Waals surface area (Å²) in [6.45, 7) is 7.48. The van der Waals surface area contributed by atoms with Crippen LogP contribution in [0.5, 0.6) is 5.88 Å². The number of rotatable bonds is 6. The number of piperazine rings is 1. The molecule has 1 aliphatic rings. The number of hydrogen-bond donors (Lipinski definition) is 1. The van der Waals surface area contributed by atoms with E-state index in [0.29, 0.717) is 19.0 Å². The van der Waals surface area contributed by atoms with Crippen molar-refractivity contribution in [1.82, 2.24) is 15.2 Å². The van der Waals surface area contributed by atoms with Gasteiger partial charge in [-0.15, -0.1) is 35.3 Å². The minimum absolute atomic E-state index is 0. The Balaban J connectivity index is 0.00000261. The predicted octanol–water partition coefficient (Wildman–Crippen LogP) is 3.45. The number of pyridine rings is 1. The second-order valence-electron chi connectivity index (χ2n) is 6.18. The average molecular weight is 501 g/mol. The highest BCUT2D eigenvalue weighted by Crippen LogP contribution is 2.22. The van der Waals surface area contributed by atoms with E-state index in [0.717, 1.165) is 44.1 Å². The van der Waals surface area contributed by atoms with Gasteiger partial charge in [-0.25, -0.2) is 4.98 Å². The number of ether oxygens (including phenoxy) is 1. The smallest absolute Gasteiger partial charge is 0.213 e. The number of halogens is 1. The average Bonchev–Trinajstić information content (AvgIpc) is 3.23. The SMILES string of the molecule is CCCOc1ccc(CNC(=NC)N2CCN(c3cccs3)CC2)cn1.I. The zero-order valence-electron chi connectivity index (χ0n) is 15.9. The maximum absolute atomic E-state index is 5.53. The Kier molecular flexibility index (Phi) is 9.12. The molecule has 148 valence electrons. The zero-order chi connectivity index (χ0) is 18.2. The molecule has 0 spiro atoms. The highest BCUT2D eigenvalue weighted by Gasteiger charge is 2.20. The molecule has 0 atom stereocenters. The number of nitrogens with one attached hydrogen (secondary N) is 1. The summed E-state index contributed by atoms with van der Waals surface area (Å²) in [7, 11) is 1.84. The Hall–Kier alpha value is -1.55. The summed E-state index contributed by atoms with van der Waals surface area (Å²) in [5, 5.41) is 6.93. The van der Waals surface area contributed by atoms with Gasteiger partial charge in [0.25, 0.3) is 0 Å². The lowest BCUT2D eigenvalue weighted by molar-refractivity contribution is 0.305. The zero-order valence-corrected chi connectivity index (χ0v) is 19.1. The maximum atomic E-state index is 5.53. The van der Waals surface area contributed by atoms with Crippen LogP contribution in [0.3, 0.4) is 0 Å².